The molecule has 26 heavy (non-hydrogen) atoms. The Balaban J connectivity index is 1.49. The first-order valence-corrected chi connectivity index (χ1v) is 8.53. The molecule has 0 saturated carbocycles. The summed E-state index contributed by atoms with van der Waals surface area (Å²) in [6, 6.07) is 23.4. The van der Waals surface area contributed by atoms with Crippen LogP contribution in [0.1, 0.15) is 15.9 Å². The van der Waals surface area contributed by atoms with Gasteiger partial charge in [0.1, 0.15) is 0 Å². The maximum Gasteiger partial charge on any atom is 0.335 e. The zero-order valence-corrected chi connectivity index (χ0v) is 14.2. The van der Waals surface area contributed by atoms with Crippen LogP contribution in [0.25, 0.3) is 22.2 Å². The van der Waals surface area contributed by atoms with Crippen LogP contribution in [0.15, 0.2) is 79.1 Å². The van der Waals surface area contributed by atoms with Gasteiger partial charge in [-0.05, 0) is 47.4 Å². The number of benzene rings is 3. The van der Waals surface area contributed by atoms with E-state index in [1.807, 2.05) is 42.7 Å². The van der Waals surface area contributed by atoms with E-state index in [-0.39, 0.29) is 0 Å². The number of aryl methyl sites for hydroxylation is 2. The quantitative estimate of drug-likeness (QED) is 0.575. The average Bonchev–Trinajstić information content (AvgIpc) is 3.10. The number of nitrogens with zero attached hydrogens (tertiary/aromatic N) is 2. The summed E-state index contributed by atoms with van der Waals surface area (Å²) in [7, 11) is 0. The third-order valence-corrected chi connectivity index (χ3v) is 4.57. The number of imidazole rings is 1. The number of para-hydroxylation sites is 2. The van der Waals surface area contributed by atoms with Crippen LogP contribution in [0.3, 0.4) is 0 Å². The van der Waals surface area contributed by atoms with Gasteiger partial charge in [-0.3, -0.25) is 0 Å². The van der Waals surface area contributed by atoms with Crippen molar-refractivity contribution in [1.82, 2.24) is 9.55 Å². The third kappa shape index (κ3) is 3.22. The minimum Gasteiger partial charge on any atom is -0.478 e. The van der Waals surface area contributed by atoms with E-state index in [0.29, 0.717) is 5.56 Å². The lowest BCUT2D eigenvalue weighted by Crippen LogP contribution is -1.99. The predicted molar refractivity (Wildman–Crippen MR) is 102 cm³/mol. The molecule has 4 nitrogen and oxygen atoms in total. The number of aromatic carboxylic acids is 1. The Bertz CT molecular complexity index is 1060. The van der Waals surface area contributed by atoms with Crippen molar-refractivity contribution in [1.29, 1.82) is 0 Å². The summed E-state index contributed by atoms with van der Waals surface area (Å²) in [4.78, 5) is 15.5. The molecule has 0 bridgehead atoms. The fourth-order valence-electron chi connectivity index (χ4n) is 3.13. The molecule has 0 spiro atoms. The second-order valence-corrected chi connectivity index (χ2v) is 6.26. The molecule has 0 amide bonds. The Labute approximate surface area is 151 Å². The van der Waals surface area contributed by atoms with Gasteiger partial charge in [0.15, 0.2) is 0 Å². The molecule has 128 valence electrons. The Morgan fingerprint density at radius 2 is 1.73 bits per heavy atom. The molecule has 1 N–H and O–H groups in total. The fourth-order valence-corrected chi connectivity index (χ4v) is 3.13. The van der Waals surface area contributed by atoms with Crippen molar-refractivity contribution in [2.24, 2.45) is 0 Å². The molecule has 1 heterocycles. The number of carbonyl (C=O) groups is 1. The first-order chi connectivity index (χ1) is 12.7. The molecule has 3 aromatic carbocycles. The Morgan fingerprint density at radius 1 is 0.923 bits per heavy atom. The number of carboxylic acid groups (broad SMARTS) is 1. The zero-order chi connectivity index (χ0) is 17.9. The van der Waals surface area contributed by atoms with E-state index in [1.165, 1.54) is 5.56 Å². The third-order valence-electron chi connectivity index (χ3n) is 4.57. The summed E-state index contributed by atoms with van der Waals surface area (Å²) in [5.74, 6) is -0.906. The van der Waals surface area contributed by atoms with Crippen molar-refractivity contribution >= 4 is 17.0 Å². The summed E-state index contributed by atoms with van der Waals surface area (Å²) >= 11 is 0. The summed E-state index contributed by atoms with van der Waals surface area (Å²) in [6.07, 6.45) is 2.80. The number of hydrogen-bond acceptors (Lipinski definition) is 2. The van der Waals surface area contributed by atoms with Crippen molar-refractivity contribution in [3.8, 4) is 11.1 Å². The molecule has 0 aliphatic carbocycles. The molecule has 0 fully saturated rings. The minimum atomic E-state index is -0.906. The van der Waals surface area contributed by atoms with Crippen LogP contribution >= 0.6 is 0 Å². The van der Waals surface area contributed by atoms with Crippen LogP contribution in [0.2, 0.25) is 0 Å². The molecule has 0 aliphatic rings. The van der Waals surface area contributed by atoms with E-state index < -0.39 is 5.97 Å². The summed E-state index contributed by atoms with van der Waals surface area (Å²) in [6.45, 7) is 0.869. The average molecular weight is 342 g/mol. The second-order valence-electron chi connectivity index (χ2n) is 6.26. The van der Waals surface area contributed by atoms with Crippen LogP contribution in [0.5, 0.6) is 0 Å². The summed E-state index contributed by atoms with van der Waals surface area (Å²) in [5, 5.41) is 9.13. The first-order valence-electron chi connectivity index (χ1n) is 8.53. The maximum atomic E-state index is 11.1. The maximum absolute atomic E-state index is 11.1. The highest BCUT2D eigenvalue weighted by molar-refractivity contribution is 5.89. The summed E-state index contributed by atoms with van der Waals surface area (Å²) in [5.41, 5.74) is 5.64. The van der Waals surface area contributed by atoms with Gasteiger partial charge < -0.3 is 9.67 Å². The van der Waals surface area contributed by atoms with Crippen molar-refractivity contribution < 1.29 is 9.90 Å². The smallest absolute Gasteiger partial charge is 0.335 e. The van der Waals surface area contributed by atoms with E-state index in [2.05, 4.69) is 27.8 Å². The molecule has 0 radical (unpaired) electrons. The van der Waals surface area contributed by atoms with Gasteiger partial charge in [0.05, 0.1) is 22.9 Å². The van der Waals surface area contributed by atoms with Crippen LogP contribution in [-0.4, -0.2) is 20.6 Å². The molecule has 0 atom stereocenters. The Hall–Kier alpha value is -3.40. The lowest BCUT2D eigenvalue weighted by molar-refractivity contribution is 0.0697. The topological polar surface area (TPSA) is 55.1 Å². The van der Waals surface area contributed by atoms with Crippen LogP contribution < -0.4 is 0 Å². The van der Waals surface area contributed by atoms with E-state index in [4.69, 9.17) is 5.11 Å². The van der Waals surface area contributed by atoms with Gasteiger partial charge in [-0.2, -0.15) is 0 Å². The molecule has 0 saturated heterocycles. The van der Waals surface area contributed by atoms with Crippen molar-refractivity contribution in [2.75, 3.05) is 0 Å². The lowest BCUT2D eigenvalue weighted by Gasteiger charge is -2.07. The van der Waals surface area contributed by atoms with Gasteiger partial charge in [0.2, 0.25) is 0 Å². The van der Waals surface area contributed by atoms with Crippen LogP contribution in [0.4, 0.5) is 0 Å². The SMILES string of the molecule is O=C(O)c1cccc(-c2ccc(CCn3cnc4ccccc43)cc2)c1. The molecule has 4 heteroatoms. The van der Waals surface area contributed by atoms with Gasteiger partial charge >= 0.3 is 5.97 Å². The number of rotatable bonds is 5. The number of hydrogen-bond donors (Lipinski definition) is 1. The molecule has 1 aromatic heterocycles. The molecule has 0 aliphatic heterocycles. The highest BCUT2D eigenvalue weighted by atomic mass is 16.4. The molecule has 0 unspecified atom stereocenters. The molecule has 4 rings (SSSR count). The van der Waals surface area contributed by atoms with Crippen LogP contribution in [0, 0.1) is 0 Å². The largest absolute Gasteiger partial charge is 0.478 e. The van der Waals surface area contributed by atoms with E-state index >= 15 is 0 Å². The van der Waals surface area contributed by atoms with Crippen molar-refractivity contribution in [3.63, 3.8) is 0 Å². The van der Waals surface area contributed by atoms with Crippen LogP contribution in [-0.2, 0) is 13.0 Å². The minimum absolute atomic E-state index is 0.304. The first kappa shape index (κ1) is 16.1. The zero-order valence-electron chi connectivity index (χ0n) is 14.2. The van der Waals surface area contributed by atoms with Crippen molar-refractivity contribution in [2.45, 2.75) is 13.0 Å². The van der Waals surface area contributed by atoms with Gasteiger partial charge in [-0.1, -0.05) is 48.5 Å². The van der Waals surface area contributed by atoms with Gasteiger partial charge in [-0.25, -0.2) is 9.78 Å². The van der Waals surface area contributed by atoms with Gasteiger partial charge in [0.25, 0.3) is 0 Å². The summed E-state index contributed by atoms with van der Waals surface area (Å²) < 4.78 is 2.17. The van der Waals surface area contributed by atoms with E-state index in [9.17, 15) is 4.79 Å². The van der Waals surface area contributed by atoms with Gasteiger partial charge in [-0.15, -0.1) is 0 Å². The van der Waals surface area contributed by atoms with E-state index in [0.717, 1.165) is 35.1 Å². The predicted octanol–water partition coefficient (Wildman–Crippen LogP) is 4.64. The molecular formula is C22H18N2O2. The lowest BCUT2D eigenvalue weighted by atomic mass is 10.0. The molecular weight excluding hydrogens is 324 g/mol. The molecule has 4 aromatic rings. The highest BCUT2D eigenvalue weighted by Gasteiger charge is 2.05. The van der Waals surface area contributed by atoms with Gasteiger partial charge in [0, 0.05) is 6.54 Å². The number of fused-ring (bicyclic) bond motifs is 1. The number of aromatic nitrogens is 2. The second kappa shape index (κ2) is 6.84. The fraction of sp³-hybridized carbons (Fsp3) is 0.0909. The highest BCUT2D eigenvalue weighted by Crippen LogP contribution is 2.22. The normalized spacial score (nSPS) is 10.9. The standard InChI is InChI=1S/C22H18N2O2/c25-22(26)19-5-3-4-18(14-19)17-10-8-16(9-11-17)12-13-24-15-23-20-6-1-2-7-21(20)24/h1-11,14-15H,12-13H2,(H,25,26). The monoisotopic (exact) mass is 342 g/mol. The Kier molecular flexibility index (Phi) is 4.23. The van der Waals surface area contributed by atoms with Crippen molar-refractivity contribution in [3.05, 3.63) is 90.3 Å². The number of carboxylic acids is 1. The van der Waals surface area contributed by atoms with E-state index in [1.54, 1.807) is 18.2 Å². The Morgan fingerprint density at radius 3 is 2.54 bits per heavy atom.